The molecule has 0 N–H and O–H groups in total. The van der Waals surface area contributed by atoms with E-state index in [0.29, 0.717) is 35.2 Å². The van der Waals surface area contributed by atoms with Crippen molar-refractivity contribution in [3.63, 3.8) is 0 Å². The molecule has 2 aliphatic heterocycles. The number of benzene rings is 1. The molecule has 0 amide bonds. The first-order valence-electron chi connectivity index (χ1n) is 8.56. The van der Waals surface area contributed by atoms with Gasteiger partial charge in [-0.3, -0.25) is 4.79 Å². The molecule has 27 heavy (non-hydrogen) atoms. The van der Waals surface area contributed by atoms with Crippen molar-refractivity contribution in [2.24, 2.45) is 0 Å². The van der Waals surface area contributed by atoms with Gasteiger partial charge in [-0.2, -0.15) is 4.31 Å². The van der Waals surface area contributed by atoms with Crippen molar-refractivity contribution in [1.29, 1.82) is 0 Å². The maximum Gasteiger partial charge on any atom is 0.244 e. The third-order valence-corrected chi connectivity index (χ3v) is 7.28. The number of thioether (sulfide) groups is 1. The highest BCUT2D eigenvalue weighted by molar-refractivity contribution is 7.99. The Bertz CT molecular complexity index is 954. The van der Waals surface area contributed by atoms with Gasteiger partial charge in [0.15, 0.2) is 17.3 Å². The number of pyridine rings is 1. The number of aromatic nitrogens is 1. The number of fused-ring (bicyclic) bond motifs is 1. The first-order valence-corrected chi connectivity index (χ1v) is 11.0. The van der Waals surface area contributed by atoms with E-state index in [1.807, 2.05) is 0 Å². The molecule has 7 nitrogen and oxygen atoms in total. The van der Waals surface area contributed by atoms with Crippen LogP contribution in [0.3, 0.4) is 0 Å². The second-order valence-electron chi connectivity index (χ2n) is 6.22. The predicted octanol–water partition coefficient (Wildman–Crippen LogP) is 2.57. The quantitative estimate of drug-likeness (QED) is 0.538. The number of sulfonamides is 1. The second-order valence-corrected chi connectivity index (χ2v) is 9.16. The van der Waals surface area contributed by atoms with Crippen molar-refractivity contribution in [3.05, 3.63) is 42.1 Å². The van der Waals surface area contributed by atoms with Gasteiger partial charge in [0.25, 0.3) is 0 Å². The second kappa shape index (κ2) is 7.49. The Morgan fingerprint density at radius 3 is 2.63 bits per heavy atom. The highest BCUT2D eigenvalue weighted by atomic mass is 32.2. The molecule has 1 fully saturated rings. The summed E-state index contributed by atoms with van der Waals surface area (Å²) >= 11 is 1.27. The van der Waals surface area contributed by atoms with Gasteiger partial charge in [0, 0.05) is 24.8 Å². The average molecular weight is 406 g/mol. The molecule has 142 valence electrons. The Labute approximate surface area is 161 Å². The van der Waals surface area contributed by atoms with Crippen LogP contribution in [0.1, 0.15) is 23.2 Å². The molecule has 0 radical (unpaired) electrons. The van der Waals surface area contributed by atoms with Gasteiger partial charge in [-0.05, 0) is 43.2 Å². The molecule has 1 aromatic carbocycles. The van der Waals surface area contributed by atoms with Gasteiger partial charge in [0.05, 0.1) is 10.8 Å². The molecule has 0 bridgehead atoms. The number of carbonyl (C=O) groups excluding carboxylic acids is 1. The van der Waals surface area contributed by atoms with Gasteiger partial charge in [-0.25, -0.2) is 13.4 Å². The summed E-state index contributed by atoms with van der Waals surface area (Å²) in [5.41, 5.74) is 0.542. The Kier molecular flexibility index (Phi) is 5.07. The van der Waals surface area contributed by atoms with Gasteiger partial charge in [0.1, 0.15) is 4.90 Å². The van der Waals surface area contributed by atoms with E-state index in [1.165, 1.54) is 22.3 Å². The smallest absolute Gasteiger partial charge is 0.244 e. The number of rotatable bonds is 6. The van der Waals surface area contributed by atoms with Crippen LogP contribution < -0.4 is 9.47 Å². The molecular weight excluding hydrogens is 388 g/mol. The molecule has 0 unspecified atom stereocenters. The average Bonchev–Trinajstić information content (AvgIpc) is 3.37. The Morgan fingerprint density at radius 2 is 1.89 bits per heavy atom. The summed E-state index contributed by atoms with van der Waals surface area (Å²) in [7, 11) is -3.47. The van der Waals surface area contributed by atoms with E-state index in [4.69, 9.17) is 9.47 Å². The highest BCUT2D eigenvalue weighted by Gasteiger charge is 2.27. The van der Waals surface area contributed by atoms with E-state index in [9.17, 15) is 13.2 Å². The summed E-state index contributed by atoms with van der Waals surface area (Å²) < 4.78 is 37.0. The van der Waals surface area contributed by atoms with E-state index < -0.39 is 10.0 Å². The van der Waals surface area contributed by atoms with Gasteiger partial charge < -0.3 is 9.47 Å². The minimum absolute atomic E-state index is 0.0612. The molecule has 1 saturated heterocycles. The topological polar surface area (TPSA) is 85.8 Å². The molecule has 0 spiro atoms. The standard InChI is InChI=1S/C18H18N2O5S2/c21-15(13-3-5-16-17(9-13)25-12-24-16)11-26-18-6-4-14(10-19-18)27(22,23)20-7-1-2-8-20/h3-6,9-10H,1-2,7-8,11-12H2. The first-order chi connectivity index (χ1) is 13.0. The summed E-state index contributed by atoms with van der Waals surface area (Å²) in [5, 5.41) is 0.601. The molecule has 0 atom stereocenters. The molecule has 2 aliphatic rings. The summed E-state index contributed by atoms with van der Waals surface area (Å²) in [4.78, 5) is 16.8. The summed E-state index contributed by atoms with van der Waals surface area (Å²) in [6.07, 6.45) is 3.15. The van der Waals surface area contributed by atoms with Crippen LogP contribution in [0, 0.1) is 0 Å². The molecule has 9 heteroatoms. The van der Waals surface area contributed by atoms with E-state index in [0.717, 1.165) is 12.8 Å². The van der Waals surface area contributed by atoms with Gasteiger partial charge >= 0.3 is 0 Å². The van der Waals surface area contributed by atoms with E-state index in [1.54, 1.807) is 30.3 Å². The minimum Gasteiger partial charge on any atom is -0.454 e. The lowest BCUT2D eigenvalue weighted by molar-refractivity contribution is 0.102. The number of ether oxygens (including phenoxy) is 2. The third kappa shape index (κ3) is 3.80. The highest BCUT2D eigenvalue weighted by Crippen LogP contribution is 2.33. The van der Waals surface area contributed by atoms with E-state index in [2.05, 4.69) is 4.98 Å². The van der Waals surface area contributed by atoms with Crippen LogP contribution in [-0.4, -0.2) is 49.1 Å². The SMILES string of the molecule is O=C(CSc1ccc(S(=O)(=O)N2CCCC2)cn1)c1ccc2c(c1)OCO2. The maximum atomic E-state index is 12.5. The molecular formula is C18H18N2O5S2. The van der Waals surface area contributed by atoms with Crippen molar-refractivity contribution in [2.75, 3.05) is 25.6 Å². The maximum absolute atomic E-state index is 12.5. The first kappa shape index (κ1) is 18.3. The molecule has 2 aromatic rings. The molecule has 1 aromatic heterocycles. The fourth-order valence-corrected chi connectivity index (χ4v) is 5.18. The fraction of sp³-hybridized carbons (Fsp3) is 0.333. The fourth-order valence-electron chi connectivity index (χ4n) is 2.98. The summed E-state index contributed by atoms with van der Waals surface area (Å²) in [6, 6.07) is 8.28. The molecule has 0 saturated carbocycles. The van der Waals surface area contributed by atoms with E-state index in [-0.39, 0.29) is 23.2 Å². The van der Waals surface area contributed by atoms with Crippen molar-refractivity contribution in [3.8, 4) is 11.5 Å². The number of carbonyl (C=O) groups is 1. The van der Waals surface area contributed by atoms with Crippen molar-refractivity contribution >= 4 is 27.6 Å². The van der Waals surface area contributed by atoms with Crippen LogP contribution in [0.5, 0.6) is 11.5 Å². The van der Waals surface area contributed by atoms with Crippen LogP contribution in [0.25, 0.3) is 0 Å². The Hall–Kier alpha value is -2.10. The number of ketones is 1. The van der Waals surface area contributed by atoms with Crippen LogP contribution >= 0.6 is 11.8 Å². The summed E-state index contributed by atoms with van der Waals surface area (Å²) in [5.74, 6) is 1.34. The van der Waals surface area contributed by atoms with Gasteiger partial charge in [-0.1, -0.05) is 11.8 Å². The number of Topliss-reactive ketones (excluding diaryl/α,β-unsaturated/α-hetero) is 1. The van der Waals surface area contributed by atoms with Gasteiger partial charge in [-0.15, -0.1) is 0 Å². The Morgan fingerprint density at radius 1 is 1.11 bits per heavy atom. The van der Waals surface area contributed by atoms with Crippen molar-refractivity contribution in [1.82, 2.24) is 9.29 Å². The third-order valence-electron chi connectivity index (χ3n) is 4.46. The van der Waals surface area contributed by atoms with Crippen LogP contribution in [0.2, 0.25) is 0 Å². The summed E-state index contributed by atoms with van der Waals surface area (Å²) in [6.45, 7) is 1.28. The van der Waals surface area contributed by atoms with Crippen LogP contribution in [0.4, 0.5) is 0 Å². The predicted molar refractivity (Wildman–Crippen MR) is 99.8 cm³/mol. The van der Waals surface area contributed by atoms with Crippen molar-refractivity contribution in [2.45, 2.75) is 22.8 Å². The van der Waals surface area contributed by atoms with Gasteiger partial charge in [0.2, 0.25) is 16.8 Å². The lowest BCUT2D eigenvalue weighted by Gasteiger charge is -2.15. The minimum atomic E-state index is -3.47. The lowest BCUT2D eigenvalue weighted by Crippen LogP contribution is -2.27. The Balaban J connectivity index is 1.39. The monoisotopic (exact) mass is 406 g/mol. The van der Waals surface area contributed by atoms with E-state index >= 15 is 0 Å². The zero-order chi connectivity index (χ0) is 18.9. The number of hydrogen-bond acceptors (Lipinski definition) is 7. The zero-order valence-electron chi connectivity index (χ0n) is 14.5. The van der Waals surface area contributed by atoms with Crippen molar-refractivity contribution < 1.29 is 22.7 Å². The van der Waals surface area contributed by atoms with Crippen LogP contribution in [-0.2, 0) is 10.0 Å². The molecule has 3 heterocycles. The normalized spacial score (nSPS) is 16.6. The largest absolute Gasteiger partial charge is 0.454 e. The molecule has 4 rings (SSSR count). The molecule has 0 aliphatic carbocycles. The zero-order valence-corrected chi connectivity index (χ0v) is 16.1. The lowest BCUT2D eigenvalue weighted by atomic mass is 10.1. The number of nitrogens with zero attached hydrogens (tertiary/aromatic N) is 2. The van der Waals surface area contributed by atoms with Crippen LogP contribution in [0.15, 0.2) is 46.5 Å². The number of hydrogen-bond donors (Lipinski definition) is 0.